The summed E-state index contributed by atoms with van der Waals surface area (Å²) < 4.78 is 0. The van der Waals surface area contributed by atoms with Gasteiger partial charge >= 0.3 is 0 Å². The minimum atomic E-state index is -0.345. The molecule has 1 N–H and O–H groups in total. The Kier molecular flexibility index (Phi) is 4.46. The summed E-state index contributed by atoms with van der Waals surface area (Å²) in [5.74, 6) is 1.02. The van der Waals surface area contributed by atoms with Crippen molar-refractivity contribution in [2.45, 2.75) is 57.1 Å². The van der Waals surface area contributed by atoms with Crippen molar-refractivity contribution in [3.05, 3.63) is 51.5 Å². The number of fused-ring (bicyclic) bond motifs is 1. The van der Waals surface area contributed by atoms with Gasteiger partial charge in [-0.25, -0.2) is 4.98 Å². The van der Waals surface area contributed by atoms with Crippen LogP contribution < -0.4 is 0 Å². The van der Waals surface area contributed by atoms with Gasteiger partial charge in [-0.15, -0.1) is 11.3 Å². The molecule has 1 aliphatic heterocycles. The lowest BCUT2D eigenvalue weighted by molar-refractivity contribution is 0.0440. The van der Waals surface area contributed by atoms with E-state index in [-0.39, 0.29) is 12.1 Å². The summed E-state index contributed by atoms with van der Waals surface area (Å²) in [6, 6.07) is 8.59. The molecule has 0 spiro atoms. The number of likely N-dealkylation sites (tertiary alicyclic amines) is 1. The molecule has 4 rings (SSSR count). The molecule has 1 fully saturated rings. The van der Waals surface area contributed by atoms with E-state index in [1.165, 1.54) is 29.1 Å². The zero-order valence-corrected chi connectivity index (χ0v) is 15.3. The van der Waals surface area contributed by atoms with E-state index in [0.717, 1.165) is 25.1 Å². The van der Waals surface area contributed by atoms with Crippen LogP contribution in [0.25, 0.3) is 0 Å². The second kappa shape index (κ2) is 6.58. The average Bonchev–Trinajstić information content (AvgIpc) is 3.21. The van der Waals surface area contributed by atoms with Crippen molar-refractivity contribution in [2.75, 3.05) is 13.1 Å². The zero-order chi connectivity index (χ0) is 16.7. The largest absolute Gasteiger partial charge is 0.387 e. The van der Waals surface area contributed by atoms with Gasteiger partial charge in [0.15, 0.2) is 0 Å². The number of aliphatic hydroxyl groups is 1. The maximum atomic E-state index is 10.8. The summed E-state index contributed by atoms with van der Waals surface area (Å²) in [6.07, 6.45) is 3.04. The first-order chi connectivity index (χ1) is 11.6. The van der Waals surface area contributed by atoms with Gasteiger partial charge in [0.05, 0.1) is 16.8 Å². The van der Waals surface area contributed by atoms with Gasteiger partial charge in [0, 0.05) is 23.9 Å². The highest BCUT2D eigenvalue weighted by molar-refractivity contribution is 7.09. The number of hydrogen-bond acceptors (Lipinski definition) is 4. The molecule has 128 valence electrons. The number of benzene rings is 1. The molecule has 3 atom stereocenters. The van der Waals surface area contributed by atoms with Gasteiger partial charge in [-0.2, -0.15) is 0 Å². The fourth-order valence-corrected chi connectivity index (χ4v) is 5.25. The Hall–Kier alpha value is -1.23. The molecule has 1 aromatic heterocycles. The third-order valence-corrected chi connectivity index (χ3v) is 6.60. The third-order valence-electron chi connectivity index (χ3n) is 5.57. The van der Waals surface area contributed by atoms with Gasteiger partial charge in [0.25, 0.3) is 0 Å². The Labute approximate surface area is 148 Å². The summed E-state index contributed by atoms with van der Waals surface area (Å²) in [5, 5.41) is 14.3. The van der Waals surface area contributed by atoms with E-state index in [1.54, 1.807) is 0 Å². The third kappa shape index (κ3) is 2.92. The van der Waals surface area contributed by atoms with Crippen LogP contribution in [0.15, 0.2) is 29.6 Å². The summed E-state index contributed by atoms with van der Waals surface area (Å²) in [6.45, 7) is 6.53. The monoisotopic (exact) mass is 342 g/mol. The molecule has 0 saturated carbocycles. The quantitative estimate of drug-likeness (QED) is 0.912. The van der Waals surface area contributed by atoms with Crippen LogP contribution in [0.5, 0.6) is 0 Å². The van der Waals surface area contributed by atoms with E-state index < -0.39 is 0 Å². The molecule has 0 bridgehead atoms. The SMILES string of the molecule is CC(C)c1csc(C2CCCN(C3Cc4ccccc4C3O)C2)n1. The topological polar surface area (TPSA) is 36.4 Å². The Balaban J connectivity index is 1.49. The highest BCUT2D eigenvalue weighted by Gasteiger charge is 2.37. The molecule has 1 saturated heterocycles. The van der Waals surface area contributed by atoms with Crippen molar-refractivity contribution in [1.82, 2.24) is 9.88 Å². The number of piperidine rings is 1. The van der Waals surface area contributed by atoms with Crippen molar-refractivity contribution >= 4 is 11.3 Å². The predicted molar refractivity (Wildman–Crippen MR) is 98.6 cm³/mol. The molecule has 0 amide bonds. The first kappa shape index (κ1) is 16.2. The van der Waals surface area contributed by atoms with Gasteiger partial charge in [-0.05, 0) is 42.9 Å². The fourth-order valence-electron chi connectivity index (χ4n) is 4.14. The van der Waals surface area contributed by atoms with Gasteiger partial charge in [0.1, 0.15) is 0 Å². The smallest absolute Gasteiger partial charge is 0.0972 e. The van der Waals surface area contributed by atoms with Crippen LogP contribution in [0.2, 0.25) is 0 Å². The van der Waals surface area contributed by atoms with Crippen LogP contribution in [0, 0.1) is 0 Å². The van der Waals surface area contributed by atoms with Gasteiger partial charge < -0.3 is 5.11 Å². The molecule has 0 radical (unpaired) electrons. The van der Waals surface area contributed by atoms with Crippen molar-refractivity contribution in [3.63, 3.8) is 0 Å². The second-order valence-corrected chi connectivity index (χ2v) is 8.40. The normalized spacial score (nSPS) is 27.6. The maximum Gasteiger partial charge on any atom is 0.0972 e. The van der Waals surface area contributed by atoms with E-state index in [9.17, 15) is 5.11 Å². The number of aromatic nitrogens is 1. The van der Waals surface area contributed by atoms with Gasteiger partial charge in [0.2, 0.25) is 0 Å². The molecule has 2 aliphatic rings. The molecule has 2 aromatic rings. The van der Waals surface area contributed by atoms with Crippen molar-refractivity contribution in [2.24, 2.45) is 0 Å². The Bertz CT molecular complexity index is 711. The number of thiazole rings is 1. The molecule has 1 aliphatic carbocycles. The summed E-state index contributed by atoms with van der Waals surface area (Å²) in [5.41, 5.74) is 3.66. The minimum Gasteiger partial charge on any atom is -0.387 e. The lowest BCUT2D eigenvalue weighted by atomic mass is 9.96. The van der Waals surface area contributed by atoms with E-state index >= 15 is 0 Å². The van der Waals surface area contributed by atoms with Crippen LogP contribution in [-0.2, 0) is 6.42 Å². The first-order valence-corrected chi connectivity index (χ1v) is 9.96. The summed E-state index contributed by atoms with van der Waals surface area (Å²) >= 11 is 1.82. The molecular weight excluding hydrogens is 316 g/mol. The zero-order valence-electron chi connectivity index (χ0n) is 14.5. The van der Waals surface area contributed by atoms with Crippen molar-refractivity contribution < 1.29 is 5.11 Å². The lowest BCUT2D eigenvalue weighted by Crippen LogP contribution is -2.44. The van der Waals surface area contributed by atoms with Crippen LogP contribution in [0.3, 0.4) is 0 Å². The second-order valence-electron chi connectivity index (χ2n) is 7.51. The van der Waals surface area contributed by atoms with Crippen LogP contribution in [0.4, 0.5) is 0 Å². The molecule has 3 nitrogen and oxygen atoms in total. The average molecular weight is 343 g/mol. The molecule has 1 aromatic carbocycles. The maximum absolute atomic E-state index is 10.8. The Morgan fingerprint density at radius 1 is 1.29 bits per heavy atom. The Morgan fingerprint density at radius 2 is 2.12 bits per heavy atom. The minimum absolute atomic E-state index is 0.231. The number of aliphatic hydroxyl groups excluding tert-OH is 1. The lowest BCUT2D eigenvalue weighted by Gasteiger charge is -2.37. The molecular formula is C20H26N2OS. The molecule has 24 heavy (non-hydrogen) atoms. The number of nitrogens with zero attached hydrogens (tertiary/aromatic N) is 2. The van der Waals surface area contributed by atoms with E-state index in [0.29, 0.717) is 11.8 Å². The summed E-state index contributed by atoms with van der Waals surface area (Å²) in [7, 11) is 0. The highest BCUT2D eigenvalue weighted by atomic mass is 32.1. The molecule has 3 unspecified atom stereocenters. The van der Waals surface area contributed by atoms with Gasteiger partial charge in [-0.1, -0.05) is 38.1 Å². The standard InChI is InChI=1S/C20H26N2OS/c1-13(2)17-12-24-20(21-17)15-7-5-9-22(11-15)18-10-14-6-3-4-8-16(14)19(18)23/h3-4,6,8,12-13,15,18-19,23H,5,7,9-11H2,1-2H3. The van der Waals surface area contributed by atoms with Gasteiger partial charge in [-0.3, -0.25) is 4.90 Å². The van der Waals surface area contributed by atoms with E-state index in [4.69, 9.17) is 4.98 Å². The molecule has 2 heterocycles. The Morgan fingerprint density at radius 3 is 2.88 bits per heavy atom. The van der Waals surface area contributed by atoms with Crippen LogP contribution >= 0.6 is 11.3 Å². The predicted octanol–water partition coefficient (Wildman–Crippen LogP) is 4.10. The van der Waals surface area contributed by atoms with Crippen molar-refractivity contribution in [3.8, 4) is 0 Å². The number of rotatable bonds is 3. The van der Waals surface area contributed by atoms with E-state index in [2.05, 4.69) is 42.3 Å². The van der Waals surface area contributed by atoms with Crippen LogP contribution in [-0.4, -0.2) is 34.1 Å². The molecule has 4 heteroatoms. The van der Waals surface area contributed by atoms with Crippen LogP contribution in [0.1, 0.15) is 66.5 Å². The van der Waals surface area contributed by atoms with E-state index in [1.807, 2.05) is 17.4 Å². The first-order valence-electron chi connectivity index (χ1n) is 9.08. The van der Waals surface area contributed by atoms with Crippen molar-refractivity contribution in [1.29, 1.82) is 0 Å². The highest BCUT2D eigenvalue weighted by Crippen LogP contribution is 2.38. The number of hydrogen-bond donors (Lipinski definition) is 1. The fraction of sp³-hybridized carbons (Fsp3) is 0.550. The summed E-state index contributed by atoms with van der Waals surface area (Å²) in [4.78, 5) is 7.39.